The van der Waals surface area contributed by atoms with Gasteiger partial charge in [0.05, 0.1) is 30.7 Å². The second kappa shape index (κ2) is 9.79. The molecule has 0 fully saturated rings. The third kappa shape index (κ3) is 6.69. The first-order valence-electron chi connectivity index (χ1n) is 9.55. The van der Waals surface area contributed by atoms with Crippen LogP contribution in [0.3, 0.4) is 0 Å². The maximum Gasteiger partial charge on any atom is 0.272 e. The highest BCUT2D eigenvalue weighted by Crippen LogP contribution is 2.22. The molecule has 11 nitrogen and oxygen atoms in total. The summed E-state index contributed by atoms with van der Waals surface area (Å²) in [5.74, 6) is -1.50. The van der Waals surface area contributed by atoms with Gasteiger partial charge < -0.3 is 25.5 Å². The lowest BCUT2D eigenvalue weighted by molar-refractivity contribution is -0.116. The number of aryl methyl sites for hydroxylation is 1. The van der Waals surface area contributed by atoms with Gasteiger partial charge in [0.1, 0.15) is 11.4 Å². The van der Waals surface area contributed by atoms with Crippen molar-refractivity contribution >= 4 is 39.2 Å². The van der Waals surface area contributed by atoms with Gasteiger partial charge in [-0.05, 0) is 25.5 Å². The van der Waals surface area contributed by atoms with Crippen LogP contribution in [0.15, 0.2) is 24.5 Å². The second-order valence-electron chi connectivity index (χ2n) is 7.15. The lowest BCUT2D eigenvalue weighted by atomic mass is 10.2. The zero-order chi connectivity index (χ0) is 23.3. The molecule has 0 aliphatic carbocycles. The number of primary amides is 1. The van der Waals surface area contributed by atoms with E-state index in [4.69, 9.17) is 5.73 Å². The summed E-state index contributed by atoms with van der Waals surface area (Å²) in [7, 11) is -1.98. The van der Waals surface area contributed by atoms with E-state index in [1.807, 2.05) is 13.8 Å². The molecule has 0 spiro atoms. The Morgan fingerprint density at radius 1 is 1.13 bits per heavy atom. The Labute approximate surface area is 180 Å². The number of nitrogens with zero attached hydrogens (tertiary/aromatic N) is 2. The minimum Gasteiger partial charge on any atom is -0.364 e. The molecule has 0 aromatic carbocycles. The van der Waals surface area contributed by atoms with E-state index >= 15 is 0 Å². The first-order chi connectivity index (χ1) is 14.4. The molecule has 2 aromatic rings. The lowest BCUT2D eigenvalue weighted by Gasteiger charge is -2.13. The van der Waals surface area contributed by atoms with E-state index in [0.29, 0.717) is 17.1 Å². The molecular weight excluding hydrogens is 426 g/mol. The quantitative estimate of drug-likeness (QED) is 0.463. The summed E-state index contributed by atoms with van der Waals surface area (Å²) < 4.78 is 29.6. The molecule has 4 N–H and O–H groups in total. The molecule has 2 heterocycles. The maximum absolute atomic E-state index is 12.7. The SMILES string of the molecule is CC[C@H](C)n1cc(NC(=O)c2cc(NC(=O)CCOS(C)(=O)=O)cn2C)cc1C(N)=O. The summed E-state index contributed by atoms with van der Waals surface area (Å²) in [5.41, 5.74) is 6.78. The van der Waals surface area contributed by atoms with Gasteiger partial charge in [-0.15, -0.1) is 0 Å². The second-order valence-corrected chi connectivity index (χ2v) is 8.79. The number of hydrogen-bond acceptors (Lipinski definition) is 6. The summed E-state index contributed by atoms with van der Waals surface area (Å²) in [5, 5.41) is 5.30. The van der Waals surface area contributed by atoms with Crippen LogP contribution in [0.5, 0.6) is 0 Å². The molecule has 2 aromatic heterocycles. The molecule has 0 aliphatic heterocycles. The van der Waals surface area contributed by atoms with Gasteiger partial charge in [0.15, 0.2) is 0 Å². The van der Waals surface area contributed by atoms with Gasteiger partial charge in [0, 0.05) is 25.5 Å². The van der Waals surface area contributed by atoms with E-state index in [2.05, 4.69) is 14.8 Å². The topological polar surface area (TPSA) is 155 Å². The number of anilines is 2. The Balaban J connectivity index is 2.08. The molecule has 31 heavy (non-hydrogen) atoms. The Hall–Kier alpha value is -3.12. The van der Waals surface area contributed by atoms with Gasteiger partial charge >= 0.3 is 0 Å². The van der Waals surface area contributed by atoms with E-state index in [9.17, 15) is 22.8 Å². The van der Waals surface area contributed by atoms with Crippen LogP contribution in [0.2, 0.25) is 0 Å². The molecule has 0 aliphatic rings. The summed E-state index contributed by atoms with van der Waals surface area (Å²) in [6.45, 7) is 3.63. The van der Waals surface area contributed by atoms with Gasteiger partial charge in [-0.1, -0.05) is 6.92 Å². The molecular formula is C19H27N5O6S. The number of rotatable bonds is 10. The smallest absolute Gasteiger partial charge is 0.272 e. The Morgan fingerprint density at radius 3 is 2.32 bits per heavy atom. The van der Waals surface area contributed by atoms with Crippen LogP contribution in [-0.2, 0) is 26.1 Å². The van der Waals surface area contributed by atoms with Crippen LogP contribution in [0.4, 0.5) is 11.4 Å². The van der Waals surface area contributed by atoms with Crippen molar-refractivity contribution < 1.29 is 27.0 Å². The zero-order valence-electron chi connectivity index (χ0n) is 17.8. The Bertz CT molecular complexity index is 1090. The van der Waals surface area contributed by atoms with Crippen LogP contribution in [-0.4, -0.2) is 48.1 Å². The highest BCUT2D eigenvalue weighted by Gasteiger charge is 2.18. The predicted octanol–water partition coefficient (Wildman–Crippen LogP) is 1.45. The zero-order valence-corrected chi connectivity index (χ0v) is 18.7. The average Bonchev–Trinajstić information content (AvgIpc) is 3.23. The van der Waals surface area contributed by atoms with Crippen molar-refractivity contribution in [2.75, 3.05) is 23.5 Å². The number of amides is 3. The third-order valence-corrected chi connectivity index (χ3v) is 5.17. The lowest BCUT2D eigenvalue weighted by Crippen LogP contribution is -2.18. The van der Waals surface area contributed by atoms with E-state index < -0.39 is 27.8 Å². The fraction of sp³-hybridized carbons (Fsp3) is 0.421. The standard InChI is InChI=1S/C19H27N5O6S/c1-5-12(2)24-11-14(8-15(24)18(20)26)22-19(27)16-9-13(10-23(16)3)21-17(25)6-7-30-31(4,28)29/h8-12H,5-7H2,1-4H3,(H2,20,26)(H,21,25)(H,22,27)/t12-/m0/s1. The van der Waals surface area contributed by atoms with E-state index in [-0.39, 0.29) is 24.8 Å². The number of carbonyl (C=O) groups is 3. The van der Waals surface area contributed by atoms with Gasteiger partial charge in [0.2, 0.25) is 5.91 Å². The van der Waals surface area contributed by atoms with Crippen LogP contribution >= 0.6 is 0 Å². The molecule has 0 radical (unpaired) electrons. The van der Waals surface area contributed by atoms with Crippen molar-refractivity contribution in [1.29, 1.82) is 0 Å². The normalized spacial score (nSPS) is 12.4. The summed E-state index contributed by atoms with van der Waals surface area (Å²) >= 11 is 0. The highest BCUT2D eigenvalue weighted by molar-refractivity contribution is 7.85. The molecule has 0 unspecified atom stereocenters. The Kier molecular flexibility index (Phi) is 7.63. The van der Waals surface area contributed by atoms with Gasteiger partial charge in [-0.25, -0.2) is 0 Å². The molecule has 0 saturated heterocycles. The van der Waals surface area contributed by atoms with Crippen molar-refractivity contribution in [2.24, 2.45) is 12.8 Å². The summed E-state index contributed by atoms with van der Waals surface area (Å²) in [6.07, 6.45) is 4.71. The number of aromatic nitrogens is 2. The fourth-order valence-corrected chi connectivity index (χ4v) is 3.26. The van der Waals surface area contributed by atoms with E-state index in [1.165, 1.54) is 16.7 Å². The molecule has 2 rings (SSSR count). The first-order valence-corrected chi connectivity index (χ1v) is 11.4. The summed E-state index contributed by atoms with van der Waals surface area (Å²) in [6, 6.07) is 3.02. The van der Waals surface area contributed by atoms with E-state index in [1.54, 1.807) is 24.0 Å². The van der Waals surface area contributed by atoms with Gasteiger partial charge in [-0.2, -0.15) is 8.42 Å². The molecule has 12 heteroatoms. The van der Waals surface area contributed by atoms with E-state index in [0.717, 1.165) is 12.7 Å². The monoisotopic (exact) mass is 453 g/mol. The molecule has 3 amide bonds. The van der Waals surface area contributed by atoms with Crippen molar-refractivity contribution in [3.63, 3.8) is 0 Å². The highest BCUT2D eigenvalue weighted by atomic mass is 32.2. The third-order valence-electron chi connectivity index (χ3n) is 4.57. The van der Waals surface area contributed by atoms with Crippen LogP contribution in [0.25, 0.3) is 0 Å². The van der Waals surface area contributed by atoms with Crippen LogP contribution < -0.4 is 16.4 Å². The largest absolute Gasteiger partial charge is 0.364 e. The van der Waals surface area contributed by atoms with Gasteiger partial charge in [0.25, 0.3) is 21.9 Å². The van der Waals surface area contributed by atoms with Crippen molar-refractivity contribution in [3.05, 3.63) is 35.9 Å². The minimum absolute atomic E-state index is 0.0247. The molecule has 170 valence electrons. The number of nitrogens with two attached hydrogens (primary N) is 1. The molecule has 0 bridgehead atoms. The van der Waals surface area contributed by atoms with Crippen molar-refractivity contribution in [1.82, 2.24) is 9.13 Å². The van der Waals surface area contributed by atoms with Crippen LogP contribution in [0.1, 0.15) is 53.7 Å². The molecule has 1 atom stereocenters. The number of hydrogen-bond donors (Lipinski definition) is 3. The first kappa shape index (κ1) is 24.2. The average molecular weight is 454 g/mol. The van der Waals surface area contributed by atoms with Crippen LogP contribution in [0, 0.1) is 0 Å². The predicted molar refractivity (Wildman–Crippen MR) is 115 cm³/mol. The van der Waals surface area contributed by atoms with Crippen molar-refractivity contribution in [2.45, 2.75) is 32.7 Å². The number of carbonyl (C=O) groups excluding carboxylic acids is 3. The Morgan fingerprint density at radius 2 is 1.74 bits per heavy atom. The number of nitrogens with one attached hydrogen (secondary N) is 2. The summed E-state index contributed by atoms with van der Waals surface area (Å²) in [4.78, 5) is 36.3. The van der Waals surface area contributed by atoms with Crippen molar-refractivity contribution in [3.8, 4) is 0 Å². The minimum atomic E-state index is -3.62. The molecule has 0 saturated carbocycles. The van der Waals surface area contributed by atoms with Gasteiger partial charge in [-0.3, -0.25) is 18.6 Å². The fourth-order valence-electron chi connectivity index (χ4n) is 2.87. The maximum atomic E-state index is 12.7.